The number of hydrogen-bond acceptors (Lipinski definition) is 3. The van der Waals surface area contributed by atoms with Gasteiger partial charge in [0.25, 0.3) is 0 Å². The summed E-state index contributed by atoms with van der Waals surface area (Å²) in [4.78, 5) is 7.79. The van der Waals surface area contributed by atoms with E-state index in [9.17, 15) is 4.39 Å². The molecule has 1 aromatic carbocycles. The molecule has 2 rings (SSSR count). The van der Waals surface area contributed by atoms with Crippen LogP contribution >= 0.6 is 22.6 Å². The number of halogens is 2. The topological polar surface area (TPSA) is 35.0 Å². The van der Waals surface area contributed by atoms with E-state index in [1.54, 1.807) is 0 Å². The van der Waals surface area contributed by atoms with Gasteiger partial charge in [0.15, 0.2) is 5.82 Å². The van der Waals surface area contributed by atoms with Gasteiger partial charge < -0.3 is 4.74 Å². The van der Waals surface area contributed by atoms with Gasteiger partial charge in [-0.05, 0) is 65.1 Å². The van der Waals surface area contributed by atoms with E-state index in [0.29, 0.717) is 6.61 Å². The van der Waals surface area contributed by atoms with Crippen LogP contribution in [0.4, 0.5) is 4.39 Å². The van der Waals surface area contributed by atoms with E-state index >= 15 is 0 Å². The van der Waals surface area contributed by atoms with Gasteiger partial charge in [-0.3, -0.25) is 0 Å². The zero-order chi connectivity index (χ0) is 14.7. The van der Waals surface area contributed by atoms with Crippen molar-refractivity contribution in [3.8, 4) is 6.01 Å². The van der Waals surface area contributed by atoms with E-state index < -0.39 is 5.82 Å². The highest BCUT2D eigenvalue weighted by atomic mass is 127. The Balaban J connectivity index is 2.16. The Bertz CT molecular complexity index is 608. The summed E-state index contributed by atoms with van der Waals surface area (Å²) in [6.45, 7) is 6.67. The Morgan fingerprint density at radius 3 is 2.45 bits per heavy atom. The minimum Gasteiger partial charge on any atom is -0.459 e. The molecule has 0 atom stereocenters. The molecule has 20 heavy (non-hydrogen) atoms. The molecule has 0 unspecified atom stereocenters. The molecule has 3 nitrogen and oxygen atoms in total. The fourth-order valence-corrected chi connectivity index (χ4v) is 2.40. The quantitative estimate of drug-likeness (QED) is 0.589. The summed E-state index contributed by atoms with van der Waals surface area (Å²) >= 11 is 1.82. The first-order chi connectivity index (χ1) is 9.51. The van der Waals surface area contributed by atoms with Crippen LogP contribution in [0.15, 0.2) is 18.3 Å². The van der Waals surface area contributed by atoms with Crippen LogP contribution in [0, 0.1) is 23.4 Å². The van der Waals surface area contributed by atoms with E-state index in [1.807, 2.05) is 22.6 Å². The molecular weight excluding hydrogens is 370 g/mol. The molecule has 0 saturated heterocycles. The molecule has 0 amide bonds. The second-order valence-electron chi connectivity index (χ2n) is 4.64. The lowest BCUT2D eigenvalue weighted by atomic mass is 9.99. The maximum Gasteiger partial charge on any atom is 0.317 e. The zero-order valence-corrected chi connectivity index (χ0v) is 13.9. The number of hydrogen-bond donors (Lipinski definition) is 0. The summed E-state index contributed by atoms with van der Waals surface area (Å²) in [6.07, 6.45) is 2.14. The van der Waals surface area contributed by atoms with Crippen molar-refractivity contribution in [2.45, 2.75) is 33.8 Å². The smallest absolute Gasteiger partial charge is 0.317 e. The van der Waals surface area contributed by atoms with Crippen molar-refractivity contribution in [3.63, 3.8) is 0 Å². The normalized spacial score (nSPS) is 10.7. The van der Waals surface area contributed by atoms with Crippen LogP contribution in [-0.2, 0) is 13.0 Å². The van der Waals surface area contributed by atoms with E-state index in [-0.39, 0.29) is 9.71 Å². The Hall–Kier alpha value is -1.24. The van der Waals surface area contributed by atoms with Crippen molar-refractivity contribution in [1.29, 1.82) is 0 Å². The van der Waals surface area contributed by atoms with Crippen LogP contribution in [0.3, 0.4) is 0 Å². The van der Waals surface area contributed by atoms with Gasteiger partial charge in [0.05, 0.1) is 6.20 Å². The third kappa shape index (κ3) is 3.45. The van der Waals surface area contributed by atoms with Crippen LogP contribution in [-0.4, -0.2) is 9.97 Å². The lowest BCUT2D eigenvalue weighted by Gasteiger charge is -2.12. The second-order valence-corrected chi connectivity index (χ2v) is 5.66. The largest absolute Gasteiger partial charge is 0.459 e. The fourth-order valence-electron chi connectivity index (χ4n) is 2.05. The van der Waals surface area contributed by atoms with E-state index in [2.05, 4.69) is 42.9 Å². The molecule has 0 saturated carbocycles. The number of nitrogens with zero attached hydrogens (tertiary/aromatic N) is 2. The van der Waals surface area contributed by atoms with Gasteiger partial charge in [-0.25, -0.2) is 9.37 Å². The van der Waals surface area contributed by atoms with Gasteiger partial charge >= 0.3 is 6.01 Å². The van der Waals surface area contributed by atoms with Gasteiger partial charge in [0.1, 0.15) is 10.3 Å². The van der Waals surface area contributed by atoms with Gasteiger partial charge in [-0.15, -0.1) is 0 Å². The first kappa shape index (κ1) is 15.2. The number of rotatable bonds is 4. The van der Waals surface area contributed by atoms with Crippen LogP contribution < -0.4 is 4.74 Å². The van der Waals surface area contributed by atoms with Crippen LogP contribution in [0.25, 0.3) is 0 Å². The summed E-state index contributed by atoms with van der Waals surface area (Å²) in [7, 11) is 0. The molecule has 0 fully saturated rings. The first-order valence-corrected chi connectivity index (χ1v) is 7.49. The summed E-state index contributed by atoms with van der Waals surface area (Å²) in [6, 6.07) is 4.54. The fraction of sp³-hybridized carbons (Fsp3) is 0.333. The number of benzene rings is 1. The Morgan fingerprint density at radius 1 is 1.25 bits per heavy atom. The SMILES string of the molecule is CCc1cc(C)c(COc2ncc(F)c(I)n2)c(C)c1. The average Bonchev–Trinajstić information content (AvgIpc) is 2.41. The van der Waals surface area contributed by atoms with Crippen LogP contribution in [0.1, 0.15) is 29.2 Å². The summed E-state index contributed by atoms with van der Waals surface area (Å²) in [5, 5.41) is 0. The molecule has 0 aliphatic carbocycles. The van der Waals surface area contributed by atoms with Crippen molar-refractivity contribution in [2.75, 3.05) is 0 Å². The van der Waals surface area contributed by atoms with Gasteiger partial charge in [-0.2, -0.15) is 4.98 Å². The van der Waals surface area contributed by atoms with Gasteiger partial charge in [0, 0.05) is 0 Å². The summed E-state index contributed by atoms with van der Waals surface area (Å²) < 4.78 is 18.9. The van der Waals surface area contributed by atoms with E-state index in [1.165, 1.54) is 16.7 Å². The highest BCUT2D eigenvalue weighted by Crippen LogP contribution is 2.19. The minimum absolute atomic E-state index is 0.203. The molecule has 2 aromatic rings. The van der Waals surface area contributed by atoms with Crippen molar-refractivity contribution < 1.29 is 9.13 Å². The predicted molar refractivity (Wildman–Crippen MR) is 84.3 cm³/mol. The lowest BCUT2D eigenvalue weighted by molar-refractivity contribution is 0.277. The van der Waals surface area contributed by atoms with Gasteiger partial charge in [0.2, 0.25) is 0 Å². The molecule has 0 N–H and O–H groups in total. The Labute approximate surface area is 131 Å². The third-order valence-electron chi connectivity index (χ3n) is 3.19. The van der Waals surface area contributed by atoms with Gasteiger partial charge in [-0.1, -0.05) is 19.1 Å². The molecule has 0 aliphatic rings. The van der Waals surface area contributed by atoms with E-state index in [0.717, 1.165) is 18.2 Å². The molecule has 0 bridgehead atoms. The molecule has 0 radical (unpaired) electrons. The lowest BCUT2D eigenvalue weighted by Crippen LogP contribution is -2.05. The van der Waals surface area contributed by atoms with Crippen LogP contribution in [0.2, 0.25) is 0 Å². The third-order valence-corrected chi connectivity index (χ3v) is 3.95. The number of ether oxygens (including phenoxy) is 1. The standard InChI is InChI=1S/C15H16FIN2O/c1-4-11-5-9(2)12(10(3)6-11)8-20-15-18-7-13(16)14(17)19-15/h5-7H,4,8H2,1-3H3. The molecule has 106 valence electrons. The average molecular weight is 386 g/mol. The summed E-state index contributed by atoms with van der Waals surface area (Å²) in [5.41, 5.74) is 4.83. The second kappa shape index (κ2) is 6.47. The Kier molecular flexibility index (Phi) is 4.91. The molecular formula is C15H16FIN2O. The molecule has 0 aliphatic heterocycles. The monoisotopic (exact) mass is 386 g/mol. The highest BCUT2D eigenvalue weighted by molar-refractivity contribution is 14.1. The van der Waals surface area contributed by atoms with E-state index in [4.69, 9.17) is 4.74 Å². The van der Waals surface area contributed by atoms with Crippen molar-refractivity contribution in [1.82, 2.24) is 9.97 Å². The first-order valence-electron chi connectivity index (χ1n) is 6.41. The van der Waals surface area contributed by atoms with Crippen molar-refractivity contribution >= 4 is 22.6 Å². The van der Waals surface area contributed by atoms with Crippen LogP contribution in [0.5, 0.6) is 6.01 Å². The Morgan fingerprint density at radius 2 is 1.90 bits per heavy atom. The maximum absolute atomic E-state index is 13.1. The van der Waals surface area contributed by atoms with Crippen molar-refractivity contribution in [2.24, 2.45) is 0 Å². The molecule has 5 heteroatoms. The highest BCUT2D eigenvalue weighted by Gasteiger charge is 2.08. The molecule has 1 aromatic heterocycles. The molecule has 0 spiro atoms. The zero-order valence-electron chi connectivity index (χ0n) is 11.7. The maximum atomic E-state index is 13.1. The predicted octanol–water partition coefficient (Wildman–Crippen LogP) is 3.98. The number of aryl methyl sites for hydroxylation is 3. The summed E-state index contributed by atoms with van der Waals surface area (Å²) in [5.74, 6) is -0.433. The minimum atomic E-state index is -0.433. The van der Waals surface area contributed by atoms with Crippen molar-refractivity contribution in [3.05, 3.63) is 50.1 Å². The number of aromatic nitrogens is 2. The molecule has 1 heterocycles.